The lowest BCUT2D eigenvalue weighted by atomic mass is 10.1. The van der Waals surface area contributed by atoms with Gasteiger partial charge in [-0.15, -0.1) is 0 Å². The molecule has 0 spiro atoms. The van der Waals surface area contributed by atoms with Gasteiger partial charge in [0.1, 0.15) is 6.10 Å². The van der Waals surface area contributed by atoms with Crippen LogP contribution < -0.4 is 5.69 Å². The fourth-order valence-electron chi connectivity index (χ4n) is 3.78. The van der Waals surface area contributed by atoms with Gasteiger partial charge in [0.2, 0.25) is 0 Å². The molecule has 1 aromatic carbocycles. The number of fused-ring (bicyclic) bond motifs is 1. The van der Waals surface area contributed by atoms with Crippen molar-refractivity contribution in [3.8, 4) is 6.07 Å². The van der Waals surface area contributed by atoms with Crippen molar-refractivity contribution in [2.75, 3.05) is 6.61 Å². The van der Waals surface area contributed by atoms with E-state index in [-0.39, 0.29) is 36.8 Å². The summed E-state index contributed by atoms with van der Waals surface area (Å²) in [4.78, 5) is 29.8. The van der Waals surface area contributed by atoms with Crippen molar-refractivity contribution in [2.24, 2.45) is 0 Å². The molecule has 0 bridgehead atoms. The minimum atomic E-state index is -0.357. The molecule has 1 aliphatic heterocycles. The predicted octanol–water partition coefficient (Wildman–Crippen LogP) is 3.28. The standard InChI is InChI=1S/C22H21BrN4O4/c23-16-11-19-20(25-13-16)26(9-4-8-24)22(29)27(19)14-18-12-17(7-10-30-18)31-21(28)15-5-2-1-3-6-15/h1-3,5-6,11,13,17-18H,4,7,9-10,12,14H2/t17-,18-/m1/s1. The minimum absolute atomic E-state index is 0.216. The molecule has 160 valence electrons. The Morgan fingerprint density at radius 1 is 1.32 bits per heavy atom. The van der Waals surface area contributed by atoms with E-state index in [0.717, 1.165) is 4.47 Å². The number of pyridine rings is 1. The number of hydrogen-bond donors (Lipinski definition) is 0. The maximum Gasteiger partial charge on any atom is 0.338 e. The van der Waals surface area contributed by atoms with Crippen LogP contribution in [0.3, 0.4) is 0 Å². The van der Waals surface area contributed by atoms with Crippen molar-refractivity contribution in [3.05, 3.63) is 63.1 Å². The Kier molecular flexibility index (Phi) is 6.49. The predicted molar refractivity (Wildman–Crippen MR) is 117 cm³/mol. The smallest absolute Gasteiger partial charge is 0.338 e. The Morgan fingerprint density at radius 3 is 2.90 bits per heavy atom. The largest absolute Gasteiger partial charge is 0.459 e. The number of esters is 1. The number of rotatable bonds is 6. The average molecular weight is 485 g/mol. The molecule has 0 radical (unpaired) electrons. The Balaban J connectivity index is 1.53. The van der Waals surface area contributed by atoms with Crippen molar-refractivity contribution in [3.63, 3.8) is 0 Å². The number of nitrogens with zero attached hydrogens (tertiary/aromatic N) is 4. The molecular weight excluding hydrogens is 464 g/mol. The highest BCUT2D eigenvalue weighted by molar-refractivity contribution is 9.10. The topological polar surface area (TPSA) is 99.1 Å². The van der Waals surface area contributed by atoms with Gasteiger partial charge in [-0.3, -0.25) is 9.13 Å². The molecule has 0 unspecified atom stereocenters. The third kappa shape index (κ3) is 4.70. The summed E-state index contributed by atoms with van der Waals surface area (Å²) in [6.45, 7) is 1.03. The van der Waals surface area contributed by atoms with E-state index in [1.165, 1.54) is 4.57 Å². The van der Waals surface area contributed by atoms with Gasteiger partial charge in [0.15, 0.2) is 5.65 Å². The molecule has 1 aliphatic rings. The summed E-state index contributed by atoms with van der Waals surface area (Å²) in [6, 6.07) is 12.8. The van der Waals surface area contributed by atoms with Crippen LogP contribution in [-0.4, -0.2) is 38.9 Å². The summed E-state index contributed by atoms with van der Waals surface area (Å²) in [5.41, 5.74) is 1.48. The molecule has 2 atom stereocenters. The number of aromatic nitrogens is 3. The molecule has 1 saturated heterocycles. The van der Waals surface area contributed by atoms with Gasteiger partial charge in [-0.05, 0) is 34.1 Å². The van der Waals surface area contributed by atoms with Gasteiger partial charge < -0.3 is 9.47 Å². The van der Waals surface area contributed by atoms with Crippen LogP contribution in [0.5, 0.6) is 0 Å². The van der Waals surface area contributed by atoms with Gasteiger partial charge in [-0.1, -0.05) is 18.2 Å². The maximum absolute atomic E-state index is 13.0. The molecule has 9 heteroatoms. The highest BCUT2D eigenvalue weighted by atomic mass is 79.9. The first-order valence-corrected chi connectivity index (χ1v) is 10.8. The second-order valence-corrected chi connectivity index (χ2v) is 8.28. The summed E-state index contributed by atoms with van der Waals surface area (Å²) in [5.74, 6) is -0.357. The highest BCUT2D eigenvalue weighted by Gasteiger charge is 2.28. The van der Waals surface area contributed by atoms with Crippen molar-refractivity contribution in [1.82, 2.24) is 14.1 Å². The second kappa shape index (κ2) is 9.45. The Hall–Kier alpha value is -2.96. The molecule has 0 N–H and O–H groups in total. The van der Waals surface area contributed by atoms with Crippen LogP contribution in [0.2, 0.25) is 0 Å². The molecule has 0 amide bonds. The highest BCUT2D eigenvalue weighted by Crippen LogP contribution is 2.22. The summed E-state index contributed by atoms with van der Waals surface area (Å²) in [6.07, 6.45) is 2.39. The van der Waals surface area contributed by atoms with E-state index in [2.05, 4.69) is 27.0 Å². The fraction of sp³-hybridized carbons (Fsp3) is 0.364. The van der Waals surface area contributed by atoms with Gasteiger partial charge >= 0.3 is 11.7 Å². The van der Waals surface area contributed by atoms with Crippen LogP contribution in [0.1, 0.15) is 29.6 Å². The van der Waals surface area contributed by atoms with Crippen molar-refractivity contribution < 1.29 is 14.3 Å². The van der Waals surface area contributed by atoms with E-state index >= 15 is 0 Å². The number of hydrogen-bond acceptors (Lipinski definition) is 6. The maximum atomic E-state index is 13.0. The average Bonchev–Trinajstić information content (AvgIpc) is 3.03. The first kappa shape index (κ1) is 21.3. The van der Waals surface area contributed by atoms with Gasteiger partial charge in [0, 0.05) is 30.1 Å². The molecule has 3 heterocycles. The number of imidazole rings is 1. The van der Waals surface area contributed by atoms with Gasteiger partial charge in [0.05, 0.1) is 42.8 Å². The van der Waals surface area contributed by atoms with E-state index in [9.17, 15) is 9.59 Å². The number of ether oxygens (including phenoxy) is 2. The molecule has 8 nitrogen and oxygen atoms in total. The molecule has 3 aromatic rings. The Labute approximate surface area is 187 Å². The van der Waals surface area contributed by atoms with E-state index < -0.39 is 0 Å². The number of nitriles is 1. The number of halogens is 1. The van der Waals surface area contributed by atoms with Crippen molar-refractivity contribution >= 4 is 33.1 Å². The summed E-state index contributed by atoms with van der Waals surface area (Å²) >= 11 is 3.41. The summed E-state index contributed by atoms with van der Waals surface area (Å²) < 4.78 is 15.4. The molecule has 2 aromatic heterocycles. The molecule has 0 aliphatic carbocycles. The zero-order chi connectivity index (χ0) is 21.8. The first-order chi connectivity index (χ1) is 15.1. The monoisotopic (exact) mass is 484 g/mol. The molecule has 4 rings (SSSR count). The molecular formula is C22H21BrN4O4. The number of benzene rings is 1. The van der Waals surface area contributed by atoms with E-state index in [4.69, 9.17) is 14.7 Å². The Bertz CT molecular complexity index is 1180. The SMILES string of the molecule is N#CCCn1c(=O)n(C[C@H]2C[C@H](OC(=O)c3ccccc3)CCO2)c2cc(Br)cnc21. The third-order valence-electron chi connectivity index (χ3n) is 5.26. The van der Waals surface area contributed by atoms with E-state index in [1.807, 2.05) is 12.1 Å². The molecule has 0 saturated carbocycles. The molecule has 1 fully saturated rings. The normalized spacial score (nSPS) is 18.6. The second-order valence-electron chi connectivity index (χ2n) is 7.36. The first-order valence-electron chi connectivity index (χ1n) is 10.1. The van der Waals surface area contributed by atoms with Crippen LogP contribution in [0.25, 0.3) is 11.2 Å². The van der Waals surface area contributed by atoms with Gasteiger partial charge in [0.25, 0.3) is 0 Å². The lowest BCUT2D eigenvalue weighted by Crippen LogP contribution is -2.37. The van der Waals surface area contributed by atoms with Crippen molar-refractivity contribution in [2.45, 2.75) is 44.6 Å². The minimum Gasteiger partial charge on any atom is -0.459 e. The number of carbonyl (C=O) groups excluding carboxylic acids is 1. The number of carbonyl (C=O) groups is 1. The van der Waals surface area contributed by atoms with Crippen LogP contribution in [0.4, 0.5) is 0 Å². The van der Waals surface area contributed by atoms with E-state index in [0.29, 0.717) is 42.7 Å². The van der Waals surface area contributed by atoms with Crippen molar-refractivity contribution in [1.29, 1.82) is 5.26 Å². The Morgan fingerprint density at radius 2 is 2.13 bits per heavy atom. The van der Waals surface area contributed by atoms with Gasteiger partial charge in [-0.2, -0.15) is 5.26 Å². The zero-order valence-corrected chi connectivity index (χ0v) is 18.3. The van der Waals surface area contributed by atoms with Crippen LogP contribution >= 0.6 is 15.9 Å². The number of aryl methyl sites for hydroxylation is 1. The third-order valence-corrected chi connectivity index (χ3v) is 5.69. The van der Waals surface area contributed by atoms with Crippen LogP contribution in [0, 0.1) is 11.3 Å². The quantitative estimate of drug-likeness (QED) is 0.497. The van der Waals surface area contributed by atoms with E-state index in [1.54, 1.807) is 35.0 Å². The molecule has 31 heavy (non-hydrogen) atoms. The van der Waals surface area contributed by atoms with Crippen LogP contribution in [-0.2, 0) is 22.6 Å². The summed E-state index contributed by atoms with van der Waals surface area (Å²) in [7, 11) is 0. The summed E-state index contributed by atoms with van der Waals surface area (Å²) in [5, 5.41) is 8.92. The zero-order valence-electron chi connectivity index (χ0n) is 16.7. The van der Waals surface area contributed by atoms with Gasteiger partial charge in [-0.25, -0.2) is 14.6 Å². The fourth-order valence-corrected chi connectivity index (χ4v) is 4.10. The van der Waals surface area contributed by atoms with Crippen LogP contribution in [0.15, 0.2) is 51.9 Å². The lowest BCUT2D eigenvalue weighted by molar-refractivity contribution is -0.0601. The lowest BCUT2D eigenvalue weighted by Gasteiger charge is -2.29.